The van der Waals surface area contributed by atoms with Crippen LogP contribution in [-0.4, -0.2) is 47.2 Å². The Morgan fingerprint density at radius 1 is 0.957 bits per heavy atom. The van der Waals surface area contributed by atoms with Crippen LogP contribution in [0.4, 0.5) is 21.2 Å². The minimum absolute atomic E-state index is 0.0601. The molecule has 1 aromatic heterocycles. The molecule has 11 heteroatoms. The lowest BCUT2D eigenvalue weighted by atomic mass is 9.62. The third-order valence-corrected chi connectivity index (χ3v) is 8.39. The number of H-pyrrole nitrogens is 1. The average Bonchev–Trinajstić information content (AvgIpc) is 2.97. The second-order valence-corrected chi connectivity index (χ2v) is 14.0. The maximum absolute atomic E-state index is 12.9. The topological polar surface area (TPSA) is 154 Å². The van der Waals surface area contributed by atoms with Crippen LogP contribution >= 0.6 is 0 Å². The van der Waals surface area contributed by atoms with Crippen LogP contribution < -0.4 is 26.8 Å². The van der Waals surface area contributed by atoms with Gasteiger partial charge in [-0.25, -0.2) is 14.4 Å². The SMILES string of the molecule is CCCCCCCCCCOC(=O)/C=C/c1ccc(NC(=O)NC2CC(C)(C)CC(C)(CNC(=O)Nc3nc(=O)cc(C)[nH]3)C2)cc1. The van der Waals surface area contributed by atoms with Crippen LogP contribution in [-0.2, 0) is 9.53 Å². The van der Waals surface area contributed by atoms with E-state index in [1.807, 2.05) is 12.1 Å². The molecule has 0 bridgehead atoms. The number of anilines is 2. The molecule has 1 saturated carbocycles. The number of rotatable bonds is 16. The smallest absolute Gasteiger partial charge is 0.330 e. The Morgan fingerprint density at radius 3 is 2.32 bits per heavy atom. The van der Waals surface area contributed by atoms with Gasteiger partial charge in [0.1, 0.15) is 0 Å². The van der Waals surface area contributed by atoms with Crippen molar-refractivity contribution in [3.8, 4) is 0 Å². The van der Waals surface area contributed by atoms with Gasteiger partial charge in [-0.3, -0.25) is 10.1 Å². The van der Waals surface area contributed by atoms with Gasteiger partial charge in [0.2, 0.25) is 5.95 Å². The summed E-state index contributed by atoms with van der Waals surface area (Å²) in [7, 11) is 0. The standard InChI is InChI=1S/C36H54N6O5/c1-6-7-8-9-10-11-12-13-20-47-31(44)19-16-27-14-17-28(18-15-27)39-34(46)40-29-22-35(3,4)24-36(5,23-29)25-37-33(45)42-32-38-26(2)21-30(43)41-32/h14-19,21,29H,6-13,20,22-25H2,1-5H3,(H2,39,40,46)(H3,37,38,41,42,43,45)/b19-16+. The number of urea groups is 2. The monoisotopic (exact) mass is 650 g/mol. The van der Waals surface area contributed by atoms with Crippen LogP contribution in [0.15, 0.2) is 41.2 Å². The fraction of sp³-hybridized carbons (Fsp3) is 0.583. The third kappa shape index (κ3) is 14.4. The maximum atomic E-state index is 12.9. The second-order valence-electron chi connectivity index (χ2n) is 14.0. The van der Waals surface area contributed by atoms with Crippen LogP contribution in [0.1, 0.15) is 110 Å². The summed E-state index contributed by atoms with van der Waals surface area (Å²) in [5, 5.41) is 11.5. The van der Waals surface area contributed by atoms with Gasteiger partial charge >= 0.3 is 18.0 Å². The number of nitrogens with one attached hydrogen (secondary N) is 5. The molecule has 2 aromatic rings. The summed E-state index contributed by atoms with van der Waals surface area (Å²) >= 11 is 0. The van der Waals surface area contributed by atoms with Crippen molar-refractivity contribution in [2.24, 2.45) is 10.8 Å². The number of carbonyl (C=O) groups excluding carboxylic acids is 3. The molecule has 0 spiro atoms. The molecule has 1 aliphatic carbocycles. The molecule has 4 amide bonds. The molecule has 0 saturated heterocycles. The predicted molar refractivity (Wildman–Crippen MR) is 187 cm³/mol. The largest absolute Gasteiger partial charge is 0.463 e. The molecular weight excluding hydrogens is 596 g/mol. The molecule has 2 unspecified atom stereocenters. The van der Waals surface area contributed by atoms with Gasteiger partial charge in [0.05, 0.1) is 6.61 Å². The minimum Gasteiger partial charge on any atom is -0.463 e. The molecule has 2 atom stereocenters. The Morgan fingerprint density at radius 2 is 1.64 bits per heavy atom. The van der Waals surface area contributed by atoms with E-state index in [1.165, 1.54) is 50.7 Å². The number of hydrogen-bond acceptors (Lipinski definition) is 6. The molecule has 1 fully saturated rings. The van der Waals surface area contributed by atoms with Crippen LogP contribution in [0.5, 0.6) is 0 Å². The third-order valence-electron chi connectivity index (χ3n) is 8.39. The highest BCUT2D eigenvalue weighted by Gasteiger charge is 2.42. The number of hydrogen-bond donors (Lipinski definition) is 5. The van der Waals surface area contributed by atoms with E-state index in [0.29, 0.717) is 31.0 Å². The van der Waals surface area contributed by atoms with Gasteiger partial charge in [0, 0.05) is 36.1 Å². The number of unbranched alkanes of at least 4 members (excludes halogenated alkanes) is 7. The minimum atomic E-state index is -0.459. The first kappa shape index (κ1) is 37.3. The van der Waals surface area contributed by atoms with Gasteiger partial charge < -0.3 is 25.7 Å². The van der Waals surface area contributed by atoms with Crippen molar-refractivity contribution in [2.75, 3.05) is 23.8 Å². The van der Waals surface area contributed by atoms with E-state index in [4.69, 9.17) is 4.74 Å². The molecule has 11 nitrogen and oxygen atoms in total. The Balaban J connectivity index is 1.41. The number of benzene rings is 1. The summed E-state index contributed by atoms with van der Waals surface area (Å²) in [6.07, 6.45) is 15.0. The first-order chi connectivity index (χ1) is 22.3. The fourth-order valence-electron chi connectivity index (χ4n) is 6.60. The number of ether oxygens (including phenoxy) is 1. The van der Waals surface area contributed by atoms with Crippen LogP contribution in [0.2, 0.25) is 0 Å². The summed E-state index contributed by atoms with van der Waals surface area (Å²) in [4.78, 5) is 55.8. The number of carbonyl (C=O) groups is 3. The molecular formula is C36H54N6O5. The van der Waals surface area contributed by atoms with E-state index in [1.54, 1.807) is 25.1 Å². The van der Waals surface area contributed by atoms with E-state index >= 15 is 0 Å². The lowest BCUT2D eigenvalue weighted by Gasteiger charge is -2.46. The van der Waals surface area contributed by atoms with E-state index in [-0.39, 0.29) is 34.8 Å². The van der Waals surface area contributed by atoms with Crippen molar-refractivity contribution in [3.05, 3.63) is 58.0 Å². The first-order valence-corrected chi connectivity index (χ1v) is 17.0. The number of esters is 1. The zero-order valence-corrected chi connectivity index (χ0v) is 28.8. The van der Waals surface area contributed by atoms with Gasteiger partial charge in [-0.2, -0.15) is 4.98 Å². The van der Waals surface area contributed by atoms with Crippen LogP contribution in [0.3, 0.4) is 0 Å². The number of amides is 4. The Hall–Kier alpha value is -4.15. The van der Waals surface area contributed by atoms with Crippen LogP contribution in [0.25, 0.3) is 6.08 Å². The van der Waals surface area contributed by atoms with Crippen molar-refractivity contribution >= 4 is 35.7 Å². The lowest BCUT2D eigenvalue weighted by molar-refractivity contribution is -0.137. The highest BCUT2D eigenvalue weighted by Crippen LogP contribution is 2.45. The summed E-state index contributed by atoms with van der Waals surface area (Å²) in [6, 6.07) is 7.74. The van der Waals surface area contributed by atoms with Gasteiger partial charge in [0.25, 0.3) is 5.56 Å². The maximum Gasteiger partial charge on any atom is 0.330 e. The molecule has 47 heavy (non-hydrogen) atoms. The Labute approximate surface area is 279 Å². The van der Waals surface area contributed by atoms with Gasteiger partial charge in [-0.1, -0.05) is 84.8 Å². The van der Waals surface area contributed by atoms with E-state index in [2.05, 4.69) is 58.9 Å². The lowest BCUT2D eigenvalue weighted by Crippen LogP contribution is -2.51. The number of aromatic amines is 1. The summed E-state index contributed by atoms with van der Waals surface area (Å²) in [6.45, 7) is 11.2. The molecule has 258 valence electrons. The molecule has 0 radical (unpaired) electrons. The average molecular weight is 651 g/mol. The van der Waals surface area contributed by atoms with Gasteiger partial charge in [-0.15, -0.1) is 0 Å². The van der Waals surface area contributed by atoms with Crippen molar-refractivity contribution in [3.63, 3.8) is 0 Å². The van der Waals surface area contributed by atoms with Crippen molar-refractivity contribution in [2.45, 2.75) is 111 Å². The second kappa shape index (κ2) is 18.3. The molecule has 3 rings (SSSR count). The van der Waals surface area contributed by atoms with E-state index < -0.39 is 11.6 Å². The highest BCUT2D eigenvalue weighted by atomic mass is 16.5. The molecule has 1 aromatic carbocycles. The normalized spacial score (nSPS) is 18.8. The zero-order valence-electron chi connectivity index (χ0n) is 28.8. The Bertz CT molecular complexity index is 1400. The quantitative estimate of drug-likeness (QED) is 0.0730. The Kier molecular flexibility index (Phi) is 14.5. The number of aryl methyl sites for hydroxylation is 1. The van der Waals surface area contributed by atoms with Crippen molar-refractivity contribution in [1.82, 2.24) is 20.6 Å². The van der Waals surface area contributed by atoms with Gasteiger partial charge in [-0.05, 0) is 67.2 Å². The van der Waals surface area contributed by atoms with Crippen LogP contribution in [0, 0.1) is 17.8 Å². The number of nitrogens with zero attached hydrogens (tertiary/aromatic N) is 1. The van der Waals surface area contributed by atoms with Crippen molar-refractivity contribution < 1.29 is 19.1 Å². The van der Waals surface area contributed by atoms with E-state index in [0.717, 1.165) is 31.2 Å². The molecule has 1 aliphatic rings. The summed E-state index contributed by atoms with van der Waals surface area (Å²) in [5.41, 5.74) is 1.30. The molecule has 0 aliphatic heterocycles. The first-order valence-electron chi connectivity index (χ1n) is 17.0. The highest BCUT2D eigenvalue weighted by molar-refractivity contribution is 5.90. The predicted octanol–water partition coefficient (Wildman–Crippen LogP) is 7.30. The summed E-state index contributed by atoms with van der Waals surface area (Å²) < 4.78 is 5.32. The fourth-order valence-corrected chi connectivity index (χ4v) is 6.60. The number of aromatic nitrogens is 2. The van der Waals surface area contributed by atoms with Crippen molar-refractivity contribution in [1.29, 1.82) is 0 Å². The molecule has 1 heterocycles. The summed E-state index contributed by atoms with van der Waals surface area (Å²) in [5.74, 6) is -0.263. The van der Waals surface area contributed by atoms with E-state index in [9.17, 15) is 19.2 Å². The zero-order chi connectivity index (χ0) is 34.3. The molecule has 5 N–H and O–H groups in total. The van der Waals surface area contributed by atoms with Gasteiger partial charge in [0.15, 0.2) is 0 Å².